The van der Waals surface area contributed by atoms with E-state index < -0.39 is 10.7 Å². The van der Waals surface area contributed by atoms with Crippen LogP contribution in [0.25, 0.3) is 10.9 Å². The average molecular weight is 277 g/mol. The number of pyridine rings is 1. The van der Waals surface area contributed by atoms with Crippen LogP contribution in [0.1, 0.15) is 20.8 Å². The van der Waals surface area contributed by atoms with Gasteiger partial charge in [0.1, 0.15) is 5.52 Å². The van der Waals surface area contributed by atoms with Crippen molar-refractivity contribution in [3.63, 3.8) is 0 Å². The Balaban J connectivity index is 2.64. The molecule has 0 aliphatic rings. The van der Waals surface area contributed by atoms with Crippen LogP contribution in [0.2, 0.25) is 0 Å². The molecule has 106 valence electrons. The van der Waals surface area contributed by atoms with Gasteiger partial charge in [-0.2, -0.15) is 0 Å². The number of aromatic nitrogens is 1. The first-order valence-electron chi connectivity index (χ1n) is 6.40. The molecular weight excluding hydrogens is 261 g/mol. The van der Waals surface area contributed by atoms with Crippen LogP contribution in [0.4, 0.5) is 15.8 Å². The highest BCUT2D eigenvalue weighted by atomic mass is 19.1. The van der Waals surface area contributed by atoms with Crippen molar-refractivity contribution in [2.75, 3.05) is 5.32 Å². The Kier molecular flexibility index (Phi) is 3.83. The molecule has 0 aliphatic heterocycles. The van der Waals surface area contributed by atoms with Crippen LogP contribution in [-0.2, 0) is 0 Å². The van der Waals surface area contributed by atoms with Crippen LogP contribution in [-0.4, -0.2) is 15.9 Å². The standard InChI is InChI=1S/C14H16FN3O2/c1-8(2)9(3)17-14-11(15)7-12(18(19)20)10-5-4-6-16-13(10)14/h4-9,17H,1-3H3. The normalized spacial score (nSPS) is 12.7. The molecule has 1 N–H and O–H groups in total. The fourth-order valence-corrected chi connectivity index (χ4v) is 1.88. The summed E-state index contributed by atoms with van der Waals surface area (Å²) in [5.74, 6) is -0.362. The molecule has 5 nitrogen and oxygen atoms in total. The van der Waals surface area contributed by atoms with Gasteiger partial charge in [-0.25, -0.2) is 4.39 Å². The van der Waals surface area contributed by atoms with Crippen molar-refractivity contribution < 1.29 is 9.31 Å². The van der Waals surface area contributed by atoms with E-state index >= 15 is 0 Å². The number of nitro groups is 1. The fourth-order valence-electron chi connectivity index (χ4n) is 1.88. The molecule has 0 bridgehead atoms. The molecule has 0 saturated heterocycles. The van der Waals surface area contributed by atoms with E-state index in [0.29, 0.717) is 11.3 Å². The summed E-state index contributed by atoms with van der Waals surface area (Å²) in [5.41, 5.74) is 0.229. The number of rotatable bonds is 4. The molecule has 0 amide bonds. The van der Waals surface area contributed by atoms with Crippen molar-refractivity contribution >= 4 is 22.3 Å². The summed E-state index contributed by atoms with van der Waals surface area (Å²) in [6.07, 6.45) is 1.50. The lowest BCUT2D eigenvalue weighted by Gasteiger charge is -2.20. The smallest absolute Gasteiger partial charge is 0.281 e. The van der Waals surface area contributed by atoms with Crippen molar-refractivity contribution in [2.24, 2.45) is 5.92 Å². The van der Waals surface area contributed by atoms with Crippen molar-refractivity contribution in [2.45, 2.75) is 26.8 Å². The molecule has 0 radical (unpaired) electrons. The third-order valence-corrected chi connectivity index (χ3v) is 3.39. The monoisotopic (exact) mass is 277 g/mol. The van der Waals surface area contributed by atoms with Gasteiger partial charge in [0.25, 0.3) is 5.69 Å². The summed E-state index contributed by atoms with van der Waals surface area (Å²) >= 11 is 0. The molecule has 1 aromatic carbocycles. The zero-order valence-electron chi connectivity index (χ0n) is 11.6. The second-order valence-electron chi connectivity index (χ2n) is 5.09. The number of non-ortho nitro benzene ring substituents is 1. The molecule has 2 rings (SSSR count). The third kappa shape index (κ3) is 2.54. The molecular formula is C14H16FN3O2. The van der Waals surface area contributed by atoms with Gasteiger partial charge in [0.15, 0.2) is 5.82 Å². The molecule has 1 heterocycles. The van der Waals surface area contributed by atoms with E-state index in [1.807, 2.05) is 20.8 Å². The van der Waals surface area contributed by atoms with Crippen LogP contribution in [0.15, 0.2) is 24.4 Å². The quantitative estimate of drug-likeness (QED) is 0.682. The van der Waals surface area contributed by atoms with Gasteiger partial charge in [0, 0.05) is 12.2 Å². The summed E-state index contributed by atoms with van der Waals surface area (Å²) in [6, 6.07) is 4.14. The maximum absolute atomic E-state index is 14.2. The molecule has 0 spiro atoms. The maximum Gasteiger partial charge on any atom is 0.281 e. The molecule has 0 aliphatic carbocycles. The van der Waals surface area contributed by atoms with Gasteiger partial charge < -0.3 is 5.32 Å². The minimum absolute atomic E-state index is 0.0242. The number of nitrogens with one attached hydrogen (secondary N) is 1. The highest BCUT2D eigenvalue weighted by Gasteiger charge is 2.21. The predicted molar refractivity (Wildman–Crippen MR) is 76.3 cm³/mol. The first-order chi connectivity index (χ1) is 9.41. The van der Waals surface area contributed by atoms with Crippen LogP contribution < -0.4 is 5.32 Å². The van der Waals surface area contributed by atoms with Gasteiger partial charge in [-0.05, 0) is 25.0 Å². The molecule has 1 atom stereocenters. The lowest BCUT2D eigenvalue weighted by molar-refractivity contribution is -0.383. The molecule has 20 heavy (non-hydrogen) atoms. The van der Waals surface area contributed by atoms with Crippen LogP contribution >= 0.6 is 0 Å². The Hall–Kier alpha value is -2.24. The highest BCUT2D eigenvalue weighted by molar-refractivity contribution is 5.97. The fraction of sp³-hybridized carbons (Fsp3) is 0.357. The van der Waals surface area contributed by atoms with Crippen molar-refractivity contribution in [3.05, 3.63) is 40.3 Å². The second-order valence-corrected chi connectivity index (χ2v) is 5.09. The number of fused-ring (bicyclic) bond motifs is 1. The Bertz CT molecular complexity index is 658. The zero-order chi connectivity index (χ0) is 14.9. The van der Waals surface area contributed by atoms with Gasteiger partial charge in [-0.15, -0.1) is 0 Å². The van der Waals surface area contributed by atoms with Gasteiger partial charge >= 0.3 is 0 Å². The number of hydrogen-bond acceptors (Lipinski definition) is 4. The average Bonchev–Trinajstić information content (AvgIpc) is 2.40. The van der Waals surface area contributed by atoms with E-state index in [-0.39, 0.29) is 22.9 Å². The van der Waals surface area contributed by atoms with Crippen molar-refractivity contribution in [3.8, 4) is 0 Å². The van der Waals surface area contributed by atoms with E-state index in [1.54, 1.807) is 12.1 Å². The lowest BCUT2D eigenvalue weighted by atomic mass is 10.0. The Morgan fingerprint density at radius 1 is 1.40 bits per heavy atom. The van der Waals surface area contributed by atoms with E-state index in [2.05, 4.69) is 10.3 Å². The molecule has 0 fully saturated rings. The molecule has 1 unspecified atom stereocenters. The molecule has 2 aromatic rings. The zero-order valence-corrected chi connectivity index (χ0v) is 11.6. The van der Waals surface area contributed by atoms with E-state index in [1.165, 1.54) is 6.20 Å². The number of hydrogen-bond donors (Lipinski definition) is 1. The summed E-state index contributed by atoms with van der Waals surface area (Å²) in [7, 11) is 0. The maximum atomic E-state index is 14.2. The molecule has 1 aromatic heterocycles. The Labute approximate surface area is 116 Å². The van der Waals surface area contributed by atoms with Gasteiger partial charge in [-0.3, -0.25) is 15.1 Å². The second kappa shape index (κ2) is 5.40. The SMILES string of the molecule is CC(C)C(C)Nc1c(F)cc([N+](=O)[O-])c2cccnc12. The van der Waals surface area contributed by atoms with Gasteiger partial charge in [0.2, 0.25) is 0 Å². The summed E-state index contributed by atoms with van der Waals surface area (Å²) < 4.78 is 14.2. The topological polar surface area (TPSA) is 68.1 Å². The lowest BCUT2D eigenvalue weighted by Crippen LogP contribution is -2.22. The minimum Gasteiger partial charge on any atom is -0.378 e. The van der Waals surface area contributed by atoms with Crippen LogP contribution in [0.5, 0.6) is 0 Å². The summed E-state index contributed by atoms with van der Waals surface area (Å²) in [5, 5.41) is 14.4. The highest BCUT2D eigenvalue weighted by Crippen LogP contribution is 2.33. The van der Waals surface area contributed by atoms with Gasteiger partial charge in [-0.1, -0.05) is 13.8 Å². The number of halogens is 1. The Morgan fingerprint density at radius 3 is 2.70 bits per heavy atom. The predicted octanol–water partition coefficient (Wildman–Crippen LogP) is 3.74. The van der Waals surface area contributed by atoms with E-state index in [9.17, 15) is 14.5 Å². The third-order valence-electron chi connectivity index (χ3n) is 3.39. The molecule has 0 saturated carbocycles. The summed E-state index contributed by atoms with van der Waals surface area (Å²) in [6.45, 7) is 5.95. The van der Waals surface area contributed by atoms with Crippen LogP contribution in [0.3, 0.4) is 0 Å². The van der Waals surface area contributed by atoms with E-state index in [0.717, 1.165) is 6.07 Å². The number of anilines is 1. The number of benzene rings is 1. The van der Waals surface area contributed by atoms with Crippen molar-refractivity contribution in [1.82, 2.24) is 4.98 Å². The molecule has 6 heteroatoms. The first kappa shape index (κ1) is 14.2. The summed E-state index contributed by atoms with van der Waals surface area (Å²) in [4.78, 5) is 14.5. The van der Waals surface area contributed by atoms with E-state index in [4.69, 9.17) is 0 Å². The van der Waals surface area contributed by atoms with Crippen LogP contribution in [0, 0.1) is 21.8 Å². The minimum atomic E-state index is -0.657. The largest absolute Gasteiger partial charge is 0.378 e. The first-order valence-corrected chi connectivity index (χ1v) is 6.40. The number of nitro benzene ring substituents is 1. The van der Waals surface area contributed by atoms with Gasteiger partial charge in [0.05, 0.1) is 22.1 Å². The Morgan fingerprint density at radius 2 is 2.10 bits per heavy atom. The van der Waals surface area contributed by atoms with Crippen molar-refractivity contribution in [1.29, 1.82) is 0 Å². The number of nitrogens with zero attached hydrogens (tertiary/aromatic N) is 2.